The third-order valence-corrected chi connectivity index (χ3v) is 3.14. The monoisotopic (exact) mass is 450 g/mol. The van der Waals surface area contributed by atoms with Crippen LogP contribution in [-0.4, -0.2) is 71.8 Å². The van der Waals surface area contributed by atoms with E-state index in [0.29, 0.717) is 6.26 Å². The molecule has 0 N–H and O–H groups in total. The Labute approximate surface area is 145 Å². The fourth-order valence-electron chi connectivity index (χ4n) is 1.29. The molecule has 17 heteroatoms. The van der Waals surface area contributed by atoms with Crippen molar-refractivity contribution in [2.45, 2.75) is 30.2 Å². The molecule has 6 nitrogen and oxygen atoms in total. The average Bonchev–Trinajstić information content (AvgIpc) is 2.41. The molecule has 0 spiro atoms. The van der Waals surface area contributed by atoms with E-state index >= 15 is 0 Å². The van der Waals surface area contributed by atoms with Crippen molar-refractivity contribution in [2.24, 2.45) is 0 Å². The Balaban J connectivity index is 5.41. The number of hydrogen-bond acceptors (Lipinski definition) is 6. The van der Waals surface area contributed by atoms with Gasteiger partial charge < -0.3 is 9.47 Å². The Hall–Kier alpha value is -0.910. The number of ether oxygens (including phenoxy) is 3. The van der Waals surface area contributed by atoms with E-state index in [0.717, 1.165) is 0 Å². The summed E-state index contributed by atoms with van der Waals surface area (Å²) in [6.07, 6.45) is -19.0. The fourth-order valence-corrected chi connectivity index (χ4v) is 1.66. The molecule has 0 amide bonds. The van der Waals surface area contributed by atoms with Crippen molar-refractivity contribution in [3.05, 3.63) is 0 Å². The van der Waals surface area contributed by atoms with Gasteiger partial charge in [0.25, 0.3) is 10.1 Å². The first-order chi connectivity index (χ1) is 11.7. The number of methoxy groups -OCH3 is 1. The van der Waals surface area contributed by atoms with Gasteiger partial charge in [-0.2, -0.15) is 52.3 Å². The van der Waals surface area contributed by atoms with Crippen LogP contribution in [-0.2, 0) is 28.5 Å². The zero-order valence-electron chi connectivity index (χ0n) is 13.3. The summed E-state index contributed by atoms with van der Waals surface area (Å²) in [5, 5.41) is 0. The standard InChI is InChI=1S/C10H12F10O6S/c1-23-7(12,9(16,17)18)10(19,20)26-6(11,8(13,14)15)5-24-3-4-25-27(2,21)22/h3-5H2,1-2H3. The Kier molecular flexibility index (Phi) is 7.94. The van der Waals surface area contributed by atoms with E-state index in [1.165, 1.54) is 0 Å². The third-order valence-electron chi connectivity index (χ3n) is 2.55. The normalized spacial score (nSPS) is 18.8. The van der Waals surface area contributed by atoms with Gasteiger partial charge in [-0.25, -0.2) is 0 Å². The zero-order chi connectivity index (χ0) is 21.9. The molecule has 0 radical (unpaired) electrons. The summed E-state index contributed by atoms with van der Waals surface area (Å²) >= 11 is 0. The lowest BCUT2D eigenvalue weighted by Crippen LogP contribution is -2.63. The van der Waals surface area contributed by atoms with Crippen molar-refractivity contribution >= 4 is 10.1 Å². The molecule has 0 saturated heterocycles. The number of rotatable bonds is 10. The van der Waals surface area contributed by atoms with E-state index in [1.807, 2.05) is 0 Å². The number of alkyl halides is 10. The maximum Gasteiger partial charge on any atom is 0.457 e. The smallest absolute Gasteiger partial charge is 0.373 e. The van der Waals surface area contributed by atoms with Gasteiger partial charge >= 0.3 is 30.2 Å². The van der Waals surface area contributed by atoms with Crippen LogP contribution in [0.5, 0.6) is 0 Å². The first kappa shape index (κ1) is 26.1. The predicted molar refractivity (Wildman–Crippen MR) is 64.4 cm³/mol. The van der Waals surface area contributed by atoms with Crippen molar-refractivity contribution in [2.75, 3.05) is 33.2 Å². The quantitative estimate of drug-likeness (QED) is 0.290. The summed E-state index contributed by atoms with van der Waals surface area (Å²) in [5.41, 5.74) is 0. The minimum atomic E-state index is -6.61. The van der Waals surface area contributed by atoms with Gasteiger partial charge in [-0.15, -0.1) is 0 Å². The van der Waals surface area contributed by atoms with Crippen molar-refractivity contribution in [3.8, 4) is 0 Å². The van der Waals surface area contributed by atoms with E-state index in [2.05, 4.69) is 18.4 Å². The molecule has 2 atom stereocenters. The van der Waals surface area contributed by atoms with E-state index in [9.17, 15) is 52.3 Å². The van der Waals surface area contributed by atoms with E-state index < -0.39 is 60.1 Å². The molecule has 0 aromatic carbocycles. The molecule has 0 heterocycles. The minimum Gasteiger partial charge on any atom is -0.373 e. The molecular formula is C10H12F10O6S. The highest BCUT2D eigenvalue weighted by atomic mass is 32.2. The second-order valence-corrected chi connectivity index (χ2v) is 6.36. The molecule has 0 aliphatic carbocycles. The van der Waals surface area contributed by atoms with Gasteiger partial charge in [0.15, 0.2) is 0 Å². The van der Waals surface area contributed by atoms with E-state index in [-0.39, 0.29) is 7.11 Å². The van der Waals surface area contributed by atoms with E-state index in [1.54, 1.807) is 0 Å². The Morgan fingerprint density at radius 3 is 1.63 bits per heavy atom. The van der Waals surface area contributed by atoms with Crippen LogP contribution in [0, 0.1) is 0 Å². The van der Waals surface area contributed by atoms with Gasteiger partial charge in [-0.05, 0) is 0 Å². The molecule has 0 aromatic rings. The molecule has 0 bridgehead atoms. The first-order valence-electron chi connectivity index (χ1n) is 6.29. The molecule has 27 heavy (non-hydrogen) atoms. The molecule has 2 unspecified atom stereocenters. The van der Waals surface area contributed by atoms with Crippen LogP contribution in [0.2, 0.25) is 0 Å². The lowest BCUT2D eigenvalue weighted by atomic mass is 10.2. The SMILES string of the molecule is COC(F)(C(F)(F)F)C(F)(F)OC(F)(COCCOS(C)(=O)=O)C(F)(F)F. The summed E-state index contributed by atoms with van der Waals surface area (Å²) < 4.78 is 163. The maximum atomic E-state index is 13.8. The molecule has 0 aliphatic rings. The number of halogens is 10. The van der Waals surface area contributed by atoms with Crippen LogP contribution in [0.1, 0.15) is 0 Å². The average molecular weight is 450 g/mol. The highest BCUT2D eigenvalue weighted by Gasteiger charge is 2.78. The summed E-state index contributed by atoms with van der Waals surface area (Å²) in [7, 11) is -4.34. The Morgan fingerprint density at radius 1 is 0.815 bits per heavy atom. The van der Waals surface area contributed by atoms with Crippen LogP contribution in [0.25, 0.3) is 0 Å². The van der Waals surface area contributed by atoms with Gasteiger partial charge in [-0.1, -0.05) is 0 Å². The second-order valence-electron chi connectivity index (χ2n) is 4.72. The first-order valence-corrected chi connectivity index (χ1v) is 8.10. The van der Waals surface area contributed by atoms with Gasteiger partial charge in [0.05, 0.1) is 19.5 Å². The van der Waals surface area contributed by atoms with Crippen LogP contribution in [0.15, 0.2) is 0 Å². The number of hydrogen-bond donors (Lipinski definition) is 0. The minimum absolute atomic E-state index is 0.267. The molecular weight excluding hydrogens is 438 g/mol. The van der Waals surface area contributed by atoms with Crippen molar-refractivity contribution in [1.82, 2.24) is 0 Å². The van der Waals surface area contributed by atoms with Crippen molar-refractivity contribution < 1.29 is 70.7 Å². The molecule has 164 valence electrons. The van der Waals surface area contributed by atoms with Gasteiger partial charge in [0.2, 0.25) is 0 Å². The molecule has 0 fully saturated rings. The van der Waals surface area contributed by atoms with Gasteiger partial charge in [0.1, 0.15) is 6.61 Å². The lowest BCUT2D eigenvalue weighted by molar-refractivity contribution is -0.503. The topological polar surface area (TPSA) is 71.1 Å². The summed E-state index contributed by atoms with van der Waals surface area (Å²) in [6, 6.07) is 0. The highest BCUT2D eigenvalue weighted by molar-refractivity contribution is 7.85. The molecule has 0 aliphatic heterocycles. The summed E-state index contributed by atoms with van der Waals surface area (Å²) in [5.74, 6) is -11.7. The Morgan fingerprint density at radius 2 is 1.30 bits per heavy atom. The zero-order valence-corrected chi connectivity index (χ0v) is 14.1. The van der Waals surface area contributed by atoms with Crippen LogP contribution >= 0.6 is 0 Å². The van der Waals surface area contributed by atoms with Crippen molar-refractivity contribution in [3.63, 3.8) is 0 Å². The van der Waals surface area contributed by atoms with Crippen LogP contribution in [0.3, 0.4) is 0 Å². The molecule has 0 aromatic heterocycles. The molecule has 0 saturated carbocycles. The van der Waals surface area contributed by atoms with Crippen LogP contribution in [0.4, 0.5) is 43.9 Å². The maximum absolute atomic E-state index is 13.8. The fraction of sp³-hybridized carbons (Fsp3) is 1.00. The van der Waals surface area contributed by atoms with E-state index in [4.69, 9.17) is 0 Å². The predicted octanol–water partition coefficient (Wildman–Crippen LogP) is 2.69. The van der Waals surface area contributed by atoms with Gasteiger partial charge in [0, 0.05) is 7.11 Å². The van der Waals surface area contributed by atoms with Crippen LogP contribution < -0.4 is 0 Å². The lowest BCUT2D eigenvalue weighted by Gasteiger charge is -2.37. The Bertz CT molecular complexity index is 590. The molecule has 0 rings (SSSR count). The largest absolute Gasteiger partial charge is 0.457 e. The summed E-state index contributed by atoms with van der Waals surface area (Å²) in [4.78, 5) is 0. The summed E-state index contributed by atoms with van der Waals surface area (Å²) in [6.45, 7) is -4.62. The van der Waals surface area contributed by atoms with Gasteiger partial charge in [-0.3, -0.25) is 8.92 Å². The highest BCUT2D eigenvalue weighted by Crippen LogP contribution is 2.50. The third kappa shape index (κ3) is 6.58. The van der Waals surface area contributed by atoms with Crippen molar-refractivity contribution in [1.29, 1.82) is 0 Å². The second kappa shape index (κ2) is 8.22.